The summed E-state index contributed by atoms with van der Waals surface area (Å²) in [7, 11) is 0. The van der Waals surface area contributed by atoms with E-state index >= 15 is 0 Å². The van der Waals surface area contributed by atoms with Gasteiger partial charge in [-0.15, -0.1) is 11.6 Å². The fourth-order valence-electron chi connectivity index (χ4n) is 1.91. The Hall–Kier alpha value is 0.870. The average Bonchev–Trinajstić information content (AvgIpc) is 2.41. The standard InChI is InChI=1S/C7H11ClFIN2/c8-6-3(9)1-11-7-5(6)4(10)2-12-7/h3-7,11-12H,1-2H2. The van der Waals surface area contributed by atoms with Crippen LogP contribution in [0, 0.1) is 5.92 Å². The van der Waals surface area contributed by atoms with Crippen LogP contribution < -0.4 is 10.6 Å². The van der Waals surface area contributed by atoms with Gasteiger partial charge in [0.15, 0.2) is 0 Å². The number of halogens is 3. The van der Waals surface area contributed by atoms with Crippen LogP contribution in [0.2, 0.25) is 0 Å². The monoisotopic (exact) mass is 304 g/mol. The fourth-order valence-corrected chi connectivity index (χ4v) is 3.68. The molecule has 2 nitrogen and oxygen atoms in total. The van der Waals surface area contributed by atoms with Crippen LogP contribution in [0.1, 0.15) is 0 Å². The van der Waals surface area contributed by atoms with E-state index in [-0.39, 0.29) is 17.5 Å². The van der Waals surface area contributed by atoms with Crippen molar-refractivity contribution in [2.75, 3.05) is 13.1 Å². The number of fused-ring (bicyclic) bond motifs is 1. The van der Waals surface area contributed by atoms with E-state index in [9.17, 15) is 4.39 Å². The van der Waals surface area contributed by atoms with Gasteiger partial charge in [-0.3, -0.25) is 5.32 Å². The fraction of sp³-hybridized carbons (Fsp3) is 1.00. The first-order valence-corrected chi connectivity index (χ1v) is 5.77. The molecule has 0 aromatic rings. The Bertz CT molecular complexity index is 183. The second-order valence-corrected chi connectivity index (χ2v) is 5.45. The molecule has 2 N–H and O–H groups in total. The minimum atomic E-state index is -0.898. The molecule has 2 heterocycles. The van der Waals surface area contributed by atoms with Gasteiger partial charge in [0.05, 0.1) is 11.5 Å². The van der Waals surface area contributed by atoms with E-state index in [4.69, 9.17) is 11.6 Å². The van der Waals surface area contributed by atoms with Crippen molar-refractivity contribution in [1.82, 2.24) is 10.6 Å². The van der Waals surface area contributed by atoms with Gasteiger partial charge in [-0.25, -0.2) is 4.39 Å². The van der Waals surface area contributed by atoms with Gasteiger partial charge < -0.3 is 5.32 Å². The van der Waals surface area contributed by atoms with Gasteiger partial charge >= 0.3 is 0 Å². The van der Waals surface area contributed by atoms with Gasteiger partial charge in [0, 0.05) is 22.9 Å². The third-order valence-corrected chi connectivity index (χ3v) is 4.42. The second kappa shape index (κ2) is 3.55. The molecule has 0 saturated carbocycles. The third kappa shape index (κ3) is 1.47. The van der Waals surface area contributed by atoms with E-state index in [2.05, 4.69) is 33.2 Å². The summed E-state index contributed by atoms with van der Waals surface area (Å²) in [5.74, 6) is 0.232. The summed E-state index contributed by atoms with van der Waals surface area (Å²) >= 11 is 8.34. The molecule has 2 rings (SSSR count). The lowest BCUT2D eigenvalue weighted by Crippen LogP contribution is -2.55. The van der Waals surface area contributed by atoms with Gasteiger partial charge in [-0.1, -0.05) is 22.6 Å². The highest BCUT2D eigenvalue weighted by Gasteiger charge is 2.45. The molecule has 12 heavy (non-hydrogen) atoms. The van der Waals surface area contributed by atoms with Crippen molar-refractivity contribution in [3.05, 3.63) is 0 Å². The highest BCUT2D eigenvalue weighted by atomic mass is 127. The van der Waals surface area contributed by atoms with Crippen LogP contribution >= 0.6 is 34.2 Å². The first-order chi connectivity index (χ1) is 5.70. The van der Waals surface area contributed by atoms with E-state index in [1.807, 2.05) is 0 Å². The van der Waals surface area contributed by atoms with Crippen LogP contribution in [-0.4, -0.2) is 34.7 Å². The van der Waals surface area contributed by atoms with Crippen molar-refractivity contribution in [2.24, 2.45) is 5.92 Å². The molecule has 5 atom stereocenters. The summed E-state index contributed by atoms with van der Waals surface area (Å²) in [6.07, 6.45) is -0.675. The normalized spacial score (nSPS) is 53.8. The molecule has 5 heteroatoms. The number of hydrogen-bond acceptors (Lipinski definition) is 2. The van der Waals surface area contributed by atoms with E-state index in [1.54, 1.807) is 0 Å². The first kappa shape index (κ1) is 9.43. The number of rotatable bonds is 0. The van der Waals surface area contributed by atoms with E-state index in [1.165, 1.54) is 0 Å². The maximum Gasteiger partial charge on any atom is 0.129 e. The van der Waals surface area contributed by atoms with Crippen LogP contribution in [0.5, 0.6) is 0 Å². The predicted octanol–water partition coefficient (Wildman–Crippen LogP) is 0.884. The molecule has 0 aliphatic carbocycles. The molecule has 2 aliphatic rings. The van der Waals surface area contributed by atoms with Crippen molar-refractivity contribution >= 4 is 34.2 Å². The van der Waals surface area contributed by atoms with Crippen LogP contribution in [0.15, 0.2) is 0 Å². The van der Waals surface area contributed by atoms with Gasteiger partial charge in [0.25, 0.3) is 0 Å². The SMILES string of the molecule is FC1CNC2NCC(I)C2C1Cl. The largest absolute Gasteiger partial charge is 0.301 e. The molecule has 2 saturated heterocycles. The van der Waals surface area contributed by atoms with Gasteiger partial charge in [-0.05, 0) is 0 Å². The van der Waals surface area contributed by atoms with Crippen molar-refractivity contribution in [2.45, 2.75) is 21.6 Å². The zero-order valence-electron chi connectivity index (χ0n) is 6.43. The molecular weight excluding hydrogens is 293 g/mol. The number of hydrogen-bond donors (Lipinski definition) is 2. The Morgan fingerprint density at radius 2 is 2.00 bits per heavy atom. The van der Waals surface area contributed by atoms with E-state index in [0.717, 1.165) is 6.54 Å². The molecular formula is C7H11ClFIN2. The number of nitrogens with one attached hydrogen (secondary N) is 2. The summed E-state index contributed by atoms with van der Waals surface area (Å²) in [5.41, 5.74) is 0. The molecule has 0 amide bonds. The Balaban J connectivity index is 2.11. The minimum absolute atomic E-state index is 0.224. The average molecular weight is 305 g/mol. The van der Waals surface area contributed by atoms with Gasteiger partial charge in [0.1, 0.15) is 6.17 Å². The molecule has 2 aliphatic heterocycles. The summed E-state index contributed by atoms with van der Waals surface area (Å²) in [5, 5.41) is 6.08. The zero-order valence-corrected chi connectivity index (χ0v) is 9.35. The van der Waals surface area contributed by atoms with Crippen molar-refractivity contribution in [3.63, 3.8) is 0 Å². The van der Waals surface area contributed by atoms with Crippen molar-refractivity contribution < 1.29 is 4.39 Å². The van der Waals surface area contributed by atoms with Crippen LogP contribution in [0.4, 0.5) is 4.39 Å². The molecule has 0 bridgehead atoms. The molecule has 0 spiro atoms. The lowest BCUT2D eigenvalue weighted by Gasteiger charge is -2.34. The Labute approximate surface area is 89.7 Å². The van der Waals surface area contributed by atoms with Gasteiger partial charge in [-0.2, -0.15) is 0 Å². The highest BCUT2D eigenvalue weighted by Crippen LogP contribution is 2.33. The molecule has 70 valence electrons. The maximum absolute atomic E-state index is 13.2. The quantitative estimate of drug-likeness (QED) is 0.513. The summed E-state index contributed by atoms with van der Waals surface area (Å²) < 4.78 is 13.6. The zero-order chi connectivity index (χ0) is 8.72. The molecule has 0 aromatic heterocycles. The topological polar surface area (TPSA) is 24.1 Å². The van der Waals surface area contributed by atoms with Crippen molar-refractivity contribution in [3.8, 4) is 0 Å². The predicted molar refractivity (Wildman–Crippen MR) is 55.6 cm³/mol. The van der Waals surface area contributed by atoms with Gasteiger partial charge in [0.2, 0.25) is 0 Å². The van der Waals surface area contributed by atoms with E-state index < -0.39 is 6.17 Å². The van der Waals surface area contributed by atoms with E-state index in [0.29, 0.717) is 10.5 Å². The van der Waals surface area contributed by atoms with Crippen LogP contribution in [0.3, 0.4) is 0 Å². The summed E-state index contributed by atoms with van der Waals surface area (Å²) in [6, 6.07) is 0. The summed E-state index contributed by atoms with van der Waals surface area (Å²) in [6.45, 7) is 1.31. The smallest absolute Gasteiger partial charge is 0.129 e. The van der Waals surface area contributed by atoms with Crippen LogP contribution in [0.25, 0.3) is 0 Å². The Morgan fingerprint density at radius 3 is 2.75 bits per heavy atom. The van der Waals surface area contributed by atoms with Crippen molar-refractivity contribution in [1.29, 1.82) is 0 Å². The molecule has 2 fully saturated rings. The molecule has 0 radical (unpaired) electrons. The maximum atomic E-state index is 13.2. The lowest BCUT2D eigenvalue weighted by molar-refractivity contribution is 0.190. The summed E-state index contributed by atoms with van der Waals surface area (Å²) in [4.78, 5) is 0. The van der Waals surface area contributed by atoms with Crippen LogP contribution in [-0.2, 0) is 0 Å². The highest BCUT2D eigenvalue weighted by molar-refractivity contribution is 14.1. The number of piperidine rings is 1. The molecule has 5 unspecified atom stereocenters. The Kier molecular flexibility index (Phi) is 2.79. The number of alkyl halides is 3. The molecule has 0 aromatic carbocycles. The Morgan fingerprint density at radius 1 is 1.33 bits per heavy atom. The minimum Gasteiger partial charge on any atom is -0.301 e. The second-order valence-electron chi connectivity index (χ2n) is 3.35. The lowest BCUT2D eigenvalue weighted by atomic mass is 9.94. The third-order valence-electron chi connectivity index (χ3n) is 2.58. The first-order valence-electron chi connectivity index (χ1n) is 4.09.